The summed E-state index contributed by atoms with van der Waals surface area (Å²) in [5.74, 6) is -0.0818. The van der Waals surface area contributed by atoms with Crippen molar-refractivity contribution < 1.29 is 9.90 Å². The minimum atomic E-state index is -0.878. The molecule has 1 aliphatic heterocycles. The molecule has 2 heterocycles. The van der Waals surface area contributed by atoms with Gasteiger partial charge in [0.15, 0.2) is 0 Å². The molecule has 0 atom stereocenters. The average Bonchev–Trinajstić information content (AvgIpc) is 2.47. The molecule has 0 saturated carbocycles. The molecule has 5 heteroatoms. The van der Waals surface area contributed by atoms with Gasteiger partial charge in [0.2, 0.25) is 0 Å². The lowest BCUT2D eigenvalue weighted by Crippen LogP contribution is -2.30. The second-order valence-corrected chi connectivity index (χ2v) is 4.91. The molecule has 0 amide bonds. The van der Waals surface area contributed by atoms with Crippen LogP contribution in [0.5, 0.6) is 0 Å². The summed E-state index contributed by atoms with van der Waals surface area (Å²) in [6.45, 7) is 2.38. The van der Waals surface area contributed by atoms with Crippen molar-refractivity contribution in [2.24, 2.45) is 0 Å². The first-order chi connectivity index (χ1) is 9.72. The number of hydrogen-bond acceptors (Lipinski definition) is 4. The predicted molar refractivity (Wildman–Crippen MR) is 73.3 cm³/mol. The van der Waals surface area contributed by atoms with E-state index in [0.717, 1.165) is 30.9 Å². The quantitative estimate of drug-likeness (QED) is 0.919. The summed E-state index contributed by atoms with van der Waals surface area (Å²) in [4.78, 5) is 21.7. The molecule has 0 bridgehead atoms. The van der Waals surface area contributed by atoms with E-state index >= 15 is 0 Å². The van der Waals surface area contributed by atoms with Crippen molar-refractivity contribution in [3.63, 3.8) is 0 Å². The fraction of sp³-hybridized carbons (Fsp3) is 0.267. The van der Waals surface area contributed by atoms with Gasteiger partial charge in [0.25, 0.3) is 0 Å². The molecule has 1 aromatic carbocycles. The molecule has 0 spiro atoms. The van der Waals surface area contributed by atoms with Crippen molar-refractivity contribution in [1.29, 1.82) is 0 Å². The largest absolute Gasteiger partial charge is 0.478 e. The highest BCUT2D eigenvalue weighted by Gasteiger charge is 2.18. The maximum Gasteiger partial charge on any atom is 0.335 e. The van der Waals surface area contributed by atoms with Crippen LogP contribution in [0.25, 0.3) is 0 Å². The standard InChI is InChI=1S/C15H15N3O2/c19-15(20)12-3-2-11-4-7-18(9-13(11)8-12)10-14-16-5-1-6-17-14/h1-3,5-6,8H,4,7,9-10H2,(H,19,20). The third-order valence-electron chi connectivity index (χ3n) is 3.53. The highest BCUT2D eigenvalue weighted by molar-refractivity contribution is 5.87. The van der Waals surface area contributed by atoms with Gasteiger partial charge >= 0.3 is 5.97 Å². The van der Waals surface area contributed by atoms with Gasteiger partial charge in [0.05, 0.1) is 12.1 Å². The van der Waals surface area contributed by atoms with Crippen LogP contribution in [-0.4, -0.2) is 32.5 Å². The van der Waals surface area contributed by atoms with E-state index < -0.39 is 5.97 Å². The van der Waals surface area contributed by atoms with Crippen molar-refractivity contribution in [3.05, 3.63) is 59.2 Å². The van der Waals surface area contributed by atoms with Crippen molar-refractivity contribution >= 4 is 5.97 Å². The predicted octanol–water partition coefficient (Wildman–Crippen LogP) is 1.73. The van der Waals surface area contributed by atoms with Gasteiger partial charge in [-0.25, -0.2) is 14.8 Å². The van der Waals surface area contributed by atoms with Crippen LogP contribution in [0.15, 0.2) is 36.7 Å². The second kappa shape index (κ2) is 5.38. The highest BCUT2D eigenvalue weighted by atomic mass is 16.4. The third kappa shape index (κ3) is 2.67. The molecule has 0 aliphatic carbocycles. The van der Waals surface area contributed by atoms with Crippen molar-refractivity contribution in [1.82, 2.24) is 14.9 Å². The summed E-state index contributed by atoms with van der Waals surface area (Å²) in [5, 5.41) is 9.05. The number of aromatic nitrogens is 2. The van der Waals surface area contributed by atoms with Crippen LogP contribution in [0.1, 0.15) is 27.3 Å². The Labute approximate surface area is 116 Å². The smallest absolute Gasteiger partial charge is 0.335 e. The van der Waals surface area contributed by atoms with Gasteiger partial charge in [-0.15, -0.1) is 0 Å². The first kappa shape index (κ1) is 12.7. The second-order valence-electron chi connectivity index (χ2n) is 4.91. The van der Waals surface area contributed by atoms with Crippen LogP contribution < -0.4 is 0 Å². The van der Waals surface area contributed by atoms with Gasteiger partial charge < -0.3 is 5.11 Å². The number of carboxylic acid groups (broad SMARTS) is 1. The van der Waals surface area contributed by atoms with E-state index in [4.69, 9.17) is 5.11 Å². The molecule has 0 radical (unpaired) electrons. The lowest BCUT2D eigenvalue weighted by atomic mass is 9.97. The number of benzene rings is 1. The van der Waals surface area contributed by atoms with Crippen LogP contribution in [0.4, 0.5) is 0 Å². The lowest BCUT2D eigenvalue weighted by Gasteiger charge is -2.28. The molecular weight excluding hydrogens is 254 g/mol. The molecule has 0 unspecified atom stereocenters. The summed E-state index contributed by atoms with van der Waals surface area (Å²) in [6, 6.07) is 7.18. The Hall–Kier alpha value is -2.27. The fourth-order valence-corrected chi connectivity index (χ4v) is 2.50. The molecule has 1 N–H and O–H groups in total. The molecule has 1 aromatic heterocycles. The van der Waals surface area contributed by atoms with Gasteiger partial charge in [-0.2, -0.15) is 0 Å². The first-order valence-corrected chi connectivity index (χ1v) is 6.56. The van der Waals surface area contributed by atoms with Crippen LogP contribution in [-0.2, 0) is 19.5 Å². The number of nitrogens with zero attached hydrogens (tertiary/aromatic N) is 3. The summed E-state index contributed by atoms with van der Waals surface area (Å²) >= 11 is 0. The Bertz CT molecular complexity index is 628. The molecule has 0 saturated heterocycles. The van der Waals surface area contributed by atoms with Crippen molar-refractivity contribution in [3.8, 4) is 0 Å². The van der Waals surface area contributed by atoms with Crippen molar-refractivity contribution in [2.75, 3.05) is 6.54 Å². The zero-order valence-electron chi connectivity index (χ0n) is 11.0. The summed E-state index contributed by atoms with van der Waals surface area (Å²) in [6.07, 6.45) is 4.41. The van der Waals surface area contributed by atoms with E-state index in [2.05, 4.69) is 14.9 Å². The van der Waals surface area contributed by atoms with Gasteiger partial charge in [0.1, 0.15) is 5.82 Å². The lowest BCUT2D eigenvalue weighted by molar-refractivity contribution is 0.0696. The van der Waals surface area contributed by atoms with E-state index in [0.29, 0.717) is 12.1 Å². The highest BCUT2D eigenvalue weighted by Crippen LogP contribution is 2.21. The average molecular weight is 269 g/mol. The Morgan fingerprint density at radius 3 is 2.80 bits per heavy atom. The minimum Gasteiger partial charge on any atom is -0.478 e. The zero-order chi connectivity index (χ0) is 13.9. The van der Waals surface area contributed by atoms with E-state index in [1.807, 2.05) is 6.07 Å². The summed E-state index contributed by atoms with van der Waals surface area (Å²) in [7, 11) is 0. The number of carbonyl (C=O) groups is 1. The summed E-state index contributed by atoms with van der Waals surface area (Å²) in [5.41, 5.74) is 2.67. The summed E-state index contributed by atoms with van der Waals surface area (Å²) < 4.78 is 0. The first-order valence-electron chi connectivity index (χ1n) is 6.56. The molecule has 102 valence electrons. The third-order valence-corrected chi connectivity index (χ3v) is 3.53. The van der Waals surface area contributed by atoms with Crippen molar-refractivity contribution in [2.45, 2.75) is 19.5 Å². The Morgan fingerprint density at radius 1 is 1.25 bits per heavy atom. The van der Waals surface area contributed by atoms with E-state index in [1.165, 1.54) is 5.56 Å². The maximum atomic E-state index is 11.0. The zero-order valence-corrected chi connectivity index (χ0v) is 11.0. The Kier molecular flexibility index (Phi) is 3.43. The van der Waals surface area contributed by atoms with Gasteiger partial charge in [-0.3, -0.25) is 4.90 Å². The van der Waals surface area contributed by atoms with E-state index in [1.54, 1.807) is 30.6 Å². The van der Waals surface area contributed by atoms with E-state index in [-0.39, 0.29) is 0 Å². The number of aromatic carboxylic acids is 1. The molecule has 20 heavy (non-hydrogen) atoms. The van der Waals surface area contributed by atoms with Crippen LogP contribution in [0.3, 0.4) is 0 Å². The SMILES string of the molecule is O=C(O)c1ccc2c(c1)CN(Cc1ncccn1)CC2. The van der Waals surface area contributed by atoms with Gasteiger partial charge in [0, 0.05) is 25.5 Å². The number of fused-ring (bicyclic) bond motifs is 1. The number of carboxylic acids is 1. The normalized spacial score (nSPS) is 14.8. The monoisotopic (exact) mass is 269 g/mol. The topological polar surface area (TPSA) is 66.3 Å². The minimum absolute atomic E-state index is 0.349. The van der Waals surface area contributed by atoms with Crippen LogP contribution in [0, 0.1) is 0 Å². The molecule has 1 aliphatic rings. The Morgan fingerprint density at radius 2 is 2.05 bits per heavy atom. The number of hydrogen-bond donors (Lipinski definition) is 1. The maximum absolute atomic E-state index is 11.0. The molecular formula is C15H15N3O2. The van der Waals surface area contributed by atoms with E-state index in [9.17, 15) is 4.79 Å². The molecule has 3 rings (SSSR count). The fourth-order valence-electron chi connectivity index (χ4n) is 2.50. The van der Waals surface area contributed by atoms with Crippen LogP contribution >= 0.6 is 0 Å². The Balaban J connectivity index is 1.77. The molecule has 0 fully saturated rings. The van der Waals surface area contributed by atoms with Gasteiger partial charge in [-0.05, 0) is 35.7 Å². The van der Waals surface area contributed by atoms with Crippen LogP contribution in [0.2, 0.25) is 0 Å². The molecule has 5 nitrogen and oxygen atoms in total. The molecule has 2 aromatic rings. The number of rotatable bonds is 3. The van der Waals surface area contributed by atoms with Gasteiger partial charge in [-0.1, -0.05) is 6.07 Å².